The van der Waals surface area contributed by atoms with E-state index in [4.69, 9.17) is 9.88 Å². The average Bonchev–Trinajstić information content (AvgIpc) is 2.62. The number of benzene rings is 1. The number of ether oxygens (including phenoxy) is 1. The fourth-order valence-corrected chi connectivity index (χ4v) is 3.35. The molecule has 3 rings (SSSR count). The van der Waals surface area contributed by atoms with Gasteiger partial charge in [-0.3, -0.25) is 0 Å². The van der Waals surface area contributed by atoms with E-state index in [0.717, 1.165) is 19.3 Å². The summed E-state index contributed by atoms with van der Waals surface area (Å²) >= 11 is 0. The number of hydrogen-bond acceptors (Lipinski definition) is 8. The number of nitrogens with one attached hydrogen (secondary N) is 1. The summed E-state index contributed by atoms with van der Waals surface area (Å²) in [6.45, 7) is 0. The Morgan fingerprint density at radius 1 is 1.30 bits per heavy atom. The molecule has 0 amide bonds. The molecule has 1 fully saturated rings. The Balaban J connectivity index is 1.77. The second kappa shape index (κ2) is 7.87. The van der Waals surface area contributed by atoms with E-state index < -0.39 is 16.1 Å². The van der Waals surface area contributed by atoms with Crippen molar-refractivity contribution in [3.05, 3.63) is 36.0 Å². The van der Waals surface area contributed by atoms with Crippen LogP contribution in [0.3, 0.4) is 0 Å². The second-order valence-corrected chi connectivity index (χ2v) is 7.84. The van der Waals surface area contributed by atoms with Gasteiger partial charge in [0.2, 0.25) is 21.9 Å². The van der Waals surface area contributed by atoms with Crippen molar-refractivity contribution in [3.8, 4) is 11.9 Å². The van der Waals surface area contributed by atoms with Crippen molar-refractivity contribution < 1.29 is 18.3 Å². The average molecular weight is 389 g/mol. The summed E-state index contributed by atoms with van der Waals surface area (Å²) in [5.41, 5.74) is 0.747. The third-order valence-corrected chi connectivity index (χ3v) is 5.12. The number of nitrogens with zero attached hydrogens (tertiary/aromatic N) is 3. The van der Waals surface area contributed by atoms with Gasteiger partial charge in [-0.2, -0.15) is 10.2 Å². The predicted octanol–water partition coefficient (Wildman–Crippen LogP) is 1.42. The normalized spacial score (nSPS) is 19.9. The number of anilines is 2. The Morgan fingerprint density at radius 3 is 2.67 bits per heavy atom. The van der Waals surface area contributed by atoms with Crippen molar-refractivity contribution in [2.24, 2.45) is 5.14 Å². The Hall–Kier alpha value is -2.74. The van der Waals surface area contributed by atoms with Crippen molar-refractivity contribution in [2.45, 2.75) is 42.8 Å². The van der Waals surface area contributed by atoms with Crippen molar-refractivity contribution in [1.29, 1.82) is 5.26 Å². The van der Waals surface area contributed by atoms with E-state index in [-0.39, 0.29) is 28.4 Å². The van der Waals surface area contributed by atoms with Gasteiger partial charge >= 0.3 is 0 Å². The lowest BCUT2D eigenvalue weighted by Crippen LogP contribution is -2.28. The van der Waals surface area contributed by atoms with E-state index in [1.54, 1.807) is 0 Å². The molecule has 0 bridgehead atoms. The molecular formula is C17H19N5O4S. The highest BCUT2D eigenvalue weighted by Crippen LogP contribution is 2.26. The van der Waals surface area contributed by atoms with Crippen LogP contribution in [0.2, 0.25) is 0 Å². The number of rotatable bonds is 5. The highest BCUT2D eigenvalue weighted by Gasteiger charge is 2.23. The fourth-order valence-electron chi connectivity index (χ4n) is 2.84. The van der Waals surface area contributed by atoms with Gasteiger partial charge in [-0.05, 0) is 43.5 Å². The van der Waals surface area contributed by atoms with Gasteiger partial charge < -0.3 is 15.2 Å². The van der Waals surface area contributed by atoms with Crippen molar-refractivity contribution in [1.82, 2.24) is 9.97 Å². The van der Waals surface area contributed by atoms with Gasteiger partial charge in [0.25, 0.3) is 0 Å². The lowest BCUT2D eigenvalue weighted by atomic mass is 9.95. The number of sulfonamides is 1. The summed E-state index contributed by atoms with van der Waals surface area (Å²) in [5, 5.41) is 27.0. The molecule has 1 aliphatic carbocycles. The van der Waals surface area contributed by atoms with Crippen LogP contribution in [0.15, 0.2) is 35.4 Å². The van der Waals surface area contributed by atoms with Crippen LogP contribution in [0, 0.1) is 11.3 Å². The third-order valence-electron chi connectivity index (χ3n) is 4.19. The summed E-state index contributed by atoms with van der Waals surface area (Å²) in [6.07, 6.45) is 3.60. The Bertz CT molecular complexity index is 956. The standard InChI is InChI=1S/C17H19N5O4S/c18-9-11-10-20-17(21-12-4-6-15(7-5-12)27(19,24)25)22-16(11)26-14-3-1-2-13(23)8-14/h4-7,10,13-14,23H,1-3,8H2,(H2,19,24,25)(H,20,21,22). The molecule has 27 heavy (non-hydrogen) atoms. The van der Waals surface area contributed by atoms with Crippen LogP contribution < -0.4 is 15.2 Å². The number of aliphatic hydroxyl groups is 1. The molecule has 142 valence electrons. The smallest absolute Gasteiger partial charge is 0.238 e. The molecule has 2 unspecified atom stereocenters. The number of nitriles is 1. The molecular weight excluding hydrogens is 370 g/mol. The first-order chi connectivity index (χ1) is 12.8. The molecule has 1 heterocycles. The Morgan fingerprint density at radius 2 is 2.04 bits per heavy atom. The first kappa shape index (κ1) is 19.0. The van der Waals surface area contributed by atoms with E-state index in [1.807, 2.05) is 6.07 Å². The van der Waals surface area contributed by atoms with Crippen molar-refractivity contribution in [3.63, 3.8) is 0 Å². The second-order valence-electron chi connectivity index (χ2n) is 6.28. The minimum atomic E-state index is -3.76. The largest absolute Gasteiger partial charge is 0.473 e. The summed E-state index contributed by atoms with van der Waals surface area (Å²) < 4.78 is 28.4. The molecule has 4 N–H and O–H groups in total. The summed E-state index contributed by atoms with van der Waals surface area (Å²) in [6, 6.07) is 7.77. The van der Waals surface area contributed by atoms with Crippen LogP contribution in [0.25, 0.3) is 0 Å². The lowest BCUT2D eigenvalue weighted by molar-refractivity contribution is 0.0512. The van der Waals surface area contributed by atoms with Crippen LogP contribution in [0.4, 0.5) is 11.6 Å². The molecule has 1 saturated carbocycles. The zero-order valence-electron chi connectivity index (χ0n) is 14.4. The highest BCUT2D eigenvalue weighted by molar-refractivity contribution is 7.89. The van der Waals surface area contributed by atoms with E-state index in [0.29, 0.717) is 12.1 Å². The molecule has 1 aromatic heterocycles. The Kier molecular flexibility index (Phi) is 5.55. The van der Waals surface area contributed by atoms with Gasteiger partial charge in [0.15, 0.2) is 0 Å². The molecule has 0 aliphatic heterocycles. The number of aliphatic hydroxyl groups excluding tert-OH is 1. The van der Waals surface area contributed by atoms with E-state index in [1.165, 1.54) is 30.5 Å². The van der Waals surface area contributed by atoms with E-state index >= 15 is 0 Å². The van der Waals surface area contributed by atoms with Crippen molar-refractivity contribution in [2.75, 3.05) is 5.32 Å². The number of primary sulfonamides is 1. The lowest BCUT2D eigenvalue weighted by Gasteiger charge is -2.26. The summed E-state index contributed by atoms with van der Waals surface area (Å²) in [7, 11) is -3.76. The molecule has 1 aliphatic rings. The minimum absolute atomic E-state index is 0.00586. The van der Waals surface area contributed by atoms with Gasteiger partial charge in [0.1, 0.15) is 17.7 Å². The molecule has 9 nitrogen and oxygen atoms in total. The highest BCUT2D eigenvalue weighted by atomic mass is 32.2. The molecule has 1 aromatic carbocycles. The van der Waals surface area contributed by atoms with Gasteiger partial charge in [-0.25, -0.2) is 18.5 Å². The number of nitrogens with two attached hydrogens (primary N) is 1. The number of aromatic nitrogens is 2. The maximum absolute atomic E-state index is 11.3. The maximum Gasteiger partial charge on any atom is 0.238 e. The maximum atomic E-state index is 11.3. The van der Waals surface area contributed by atoms with Crippen LogP contribution >= 0.6 is 0 Å². The van der Waals surface area contributed by atoms with Crippen LogP contribution in [-0.4, -0.2) is 35.7 Å². The quantitative estimate of drug-likeness (QED) is 0.694. The van der Waals surface area contributed by atoms with Gasteiger partial charge in [0.05, 0.1) is 17.2 Å². The minimum Gasteiger partial charge on any atom is -0.473 e. The van der Waals surface area contributed by atoms with E-state index in [2.05, 4.69) is 15.3 Å². The molecule has 0 spiro atoms. The first-order valence-electron chi connectivity index (χ1n) is 8.37. The van der Waals surface area contributed by atoms with Gasteiger partial charge in [0, 0.05) is 12.1 Å². The van der Waals surface area contributed by atoms with Gasteiger partial charge in [-0.15, -0.1) is 0 Å². The molecule has 2 aromatic rings. The van der Waals surface area contributed by atoms with E-state index in [9.17, 15) is 18.8 Å². The Labute approximate surface area is 156 Å². The molecule has 10 heteroatoms. The van der Waals surface area contributed by atoms with Crippen LogP contribution in [-0.2, 0) is 10.0 Å². The zero-order valence-corrected chi connectivity index (χ0v) is 15.2. The first-order valence-corrected chi connectivity index (χ1v) is 9.91. The van der Waals surface area contributed by atoms with Gasteiger partial charge in [-0.1, -0.05) is 0 Å². The SMILES string of the molecule is N#Cc1cnc(Nc2ccc(S(N)(=O)=O)cc2)nc1OC1CCCC(O)C1. The molecule has 0 radical (unpaired) electrons. The number of hydrogen-bond donors (Lipinski definition) is 3. The van der Waals surface area contributed by atoms with Crippen LogP contribution in [0.5, 0.6) is 5.88 Å². The summed E-state index contributed by atoms with van der Waals surface area (Å²) in [5.74, 6) is 0.346. The summed E-state index contributed by atoms with van der Waals surface area (Å²) in [4.78, 5) is 8.30. The van der Waals surface area contributed by atoms with Crippen LogP contribution in [0.1, 0.15) is 31.2 Å². The third kappa shape index (κ3) is 4.91. The molecule has 0 saturated heterocycles. The fraction of sp³-hybridized carbons (Fsp3) is 0.353. The topological polar surface area (TPSA) is 151 Å². The zero-order chi connectivity index (χ0) is 19.4. The molecule has 2 atom stereocenters. The predicted molar refractivity (Wildman–Crippen MR) is 96.7 cm³/mol. The van der Waals surface area contributed by atoms with Crippen molar-refractivity contribution >= 4 is 21.7 Å². The monoisotopic (exact) mass is 389 g/mol.